The number of rotatable bonds is 6. The van der Waals surface area contributed by atoms with Crippen LogP contribution < -0.4 is 10.5 Å². The van der Waals surface area contributed by atoms with Crippen LogP contribution in [0.3, 0.4) is 0 Å². The highest BCUT2D eigenvalue weighted by atomic mass is 16.5. The first-order valence-corrected chi connectivity index (χ1v) is 9.19. The zero-order valence-corrected chi connectivity index (χ0v) is 15.8. The predicted octanol–water partition coefficient (Wildman–Crippen LogP) is 2.22. The molecule has 0 atom stereocenters. The Morgan fingerprint density at radius 2 is 2.04 bits per heavy atom. The molecule has 1 saturated heterocycles. The van der Waals surface area contributed by atoms with E-state index in [9.17, 15) is 4.79 Å². The lowest BCUT2D eigenvalue weighted by Gasteiger charge is -2.33. The van der Waals surface area contributed by atoms with Crippen LogP contribution >= 0.6 is 0 Å². The molecule has 7 heteroatoms. The third-order valence-electron chi connectivity index (χ3n) is 4.85. The minimum atomic E-state index is 0.0473. The number of aromatic nitrogens is 4. The predicted molar refractivity (Wildman–Crippen MR) is 100 cm³/mol. The summed E-state index contributed by atoms with van der Waals surface area (Å²) in [7, 11) is 1.64. The molecular weight excluding hydrogens is 330 g/mol. The van der Waals surface area contributed by atoms with Crippen LogP contribution in [0, 0.1) is 5.92 Å². The summed E-state index contributed by atoms with van der Waals surface area (Å²) in [6, 6.07) is 3.61. The zero-order chi connectivity index (χ0) is 18.5. The molecule has 0 saturated carbocycles. The van der Waals surface area contributed by atoms with Crippen LogP contribution in [-0.4, -0.2) is 39.7 Å². The highest BCUT2D eigenvalue weighted by molar-refractivity contribution is 5.37. The number of piperidine rings is 1. The average molecular weight is 357 g/mol. The summed E-state index contributed by atoms with van der Waals surface area (Å²) in [6.45, 7) is 7.12. The number of hydrogen-bond donors (Lipinski definition) is 0. The second kappa shape index (κ2) is 8.40. The maximum Gasteiger partial charge on any atom is 0.253 e. The number of hydrogen-bond acceptors (Lipinski definition) is 6. The van der Waals surface area contributed by atoms with E-state index in [-0.39, 0.29) is 11.5 Å². The Labute approximate surface area is 154 Å². The number of anilines is 1. The fourth-order valence-corrected chi connectivity index (χ4v) is 3.28. The molecule has 140 valence electrons. The molecule has 3 rings (SSSR count). The molecule has 0 aromatic carbocycles. The number of methoxy groups -OCH3 is 1. The molecule has 0 aliphatic carbocycles. The average Bonchev–Trinajstić information content (AvgIpc) is 2.64. The van der Waals surface area contributed by atoms with Crippen molar-refractivity contribution in [3.05, 3.63) is 46.5 Å². The Hall–Kier alpha value is -2.28. The first kappa shape index (κ1) is 18.5. The largest absolute Gasteiger partial charge is 0.377 e. The lowest BCUT2D eigenvalue weighted by molar-refractivity contribution is 0.177. The van der Waals surface area contributed by atoms with E-state index in [4.69, 9.17) is 4.74 Å². The second-order valence-corrected chi connectivity index (χ2v) is 7.15. The van der Waals surface area contributed by atoms with Gasteiger partial charge in [0, 0.05) is 39.0 Å². The quantitative estimate of drug-likeness (QED) is 0.789. The Bertz CT molecular complexity index is 781. The summed E-state index contributed by atoms with van der Waals surface area (Å²) in [5.41, 5.74) is 0.905. The molecule has 2 aromatic heterocycles. The van der Waals surface area contributed by atoms with Crippen LogP contribution in [0.1, 0.15) is 44.1 Å². The van der Waals surface area contributed by atoms with Crippen LogP contribution in [0.4, 0.5) is 5.82 Å². The van der Waals surface area contributed by atoms with Gasteiger partial charge in [0.25, 0.3) is 5.56 Å². The van der Waals surface area contributed by atoms with Crippen molar-refractivity contribution in [1.29, 1.82) is 0 Å². The number of ether oxygens (including phenoxy) is 1. The van der Waals surface area contributed by atoms with Gasteiger partial charge >= 0.3 is 0 Å². The van der Waals surface area contributed by atoms with Crippen LogP contribution in [0.5, 0.6) is 0 Å². The fourth-order valence-electron chi connectivity index (χ4n) is 3.28. The minimum absolute atomic E-state index is 0.0473. The topological polar surface area (TPSA) is 73.1 Å². The lowest BCUT2D eigenvalue weighted by Crippen LogP contribution is -2.37. The van der Waals surface area contributed by atoms with Crippen LogP contribution in [-0.2, 0) is 17.9 Å². The molecule has 0 spiro atoms. The molecule has 1 aliphatic heterocycles. The Morgan fingerprint density at radius 3 is 2.69 bits per heavy atom. The smallest absolute Gasteiger partial charge is 0.253 e. The van der Waals surface area contributed by atoms with E-state index in [1.54, 1.807) is 30.3 Å². The van der Waals surface area contributed by atoms with E-state index >= 15 is 0 Å². The van der Waals surface area contributed by atoms with Crippen LogP contribution in [0.25, 0.3) is 0 Å². The van der Waals surface area contributed by atoms with E-state index in [0.717, 1.165) is 44.0 Å². The zero-order valence-electron chi connectivity index (χ0n) is 15.8. The Morgan fingerprint density at radius 1 is 1.27 bits per heavy atom. The second-order valence-electron chi connectivity index (χ2n) is 7.15. The van der Waals surface area contributed by atoms with Crippen molar-refractivity contribution in [3.8, 4) is 0 Å². The van der Waals surface area contributed by atoms with E-state index in [1.165, 1.54) is 0 Å². The van der Waals surface area contributed by atoms with Gasteiger partial charge in [-0.1, -0.05) is 13.8 Å². The SMILES string of the molecule is COCc1nccc(N2CCC(Cn3cnc(C(C)C)cc3=O)CC2)n1. The van der Waals surface area contributed by atoms with Crippen molar-refractivity contribution in [2.75, 3.05) is 25.1 Å². The van der Waals surface area contributed by atoms with Gasteiger partial charge in [-0.3, -0.25) is 9.36 Å². The standard InChI is InChI=1S/C19H27N5O2/c1-14(2)16-10-19(25)24(13-21-16)11-15-5-8-23(9-6-15)18-4-7-20-17(22-18)12-26-3/h4,7,10,13-15H,5-6,8-9,11-12H2,1-3H3. The monoisotopic (exact) mass is 357 g/mol. The summed E-state index contributed by atoms with van der Waals surface area (Å²) in [5.74, 6) is 2.41. The van der Waals surface area contributed by atoms with E-state index in [1.807, 2.05) is 19.9 Å². The first-order valence-electron chi connectivity index (χ1n) is 9.19. The van der Waals surface area contributed by atoms with E-state index < -0.39 is 0 Å². The minimum Gasteiger partial charge on any atom is -0.377 e. The van der Waals surface area contributed by atoms with Crippen molar-refractivity contribution in [2.24, 2.45) is 5.92 Å². The highest BCUT2D eigenvalue weighted by Gasteiger charge is 2.21. The molecule has 0 bridgehead atoms. The van der Waals surface area contributed by atoms with Gasteiger partial charge in [0.15, 0.2) is 5.82 Å². The van der Waals surface area contributed by atoms with Gasteiger partial charge < -0.3 is 9.64 Å². The van der Waals surface area contributed by atoms with Gasteiger partial charge in [0.1, 0.15) is 12.4 Å². The van der Waals surface area contributed by atoms with Gasteiger partial charge in [-0.05, 0) is 30.7 Å². The normalized spacial score (nSPS) is 15.6. The third-order valence-corrected chi connectivity index (χ3v) is 4.85. The molecule has 0 amide bonds. The van der Waals surface area contributed by atoms with Gasteiger partial charge in [-0.25, -0.2) is 15.0 Å². The summed E-state index contributed by atoms with van der Waals surface area (Å²) in [6.07, 6.45) is 5.54. The van der Waals surface area contributed by atoms with Gasteiger partial charge in [-0.2, -0.15) is 0 Å². The molecule has 7 nitrogen and oxygen atoms in total. The summed E-state index contributed by atoms with van der Waals surface area (Å²) in [4.78, 5) is 27.8. The number of nitrogens with zero attached hydrogens (tertiary/aromatic N) is 5. The highest BCUT2D eigenvalue weighted by Crippen LogP contribution is 2.22. The molecule has 1 fully saturated rings. The summed E-state index contributed by atoms with van der Waals surface area (Å²) in [5, 5.41) is 0. The molecule has 0 unspecified atom stereocenters. The van der Waals surface area contributed by atoms with Crippen molar-refractivity contribution < 1.29 is 4.74 Å². The van der Waals surface area contributed by atoms with Crippen LogP contribution in [0.15, 0.2) is 29.5 Å². The molecule has 0 N–H and O–H groups in total. The fraction of sp³-hybridized carbons (Fsp3) is 0.579. The Balaban J connectivity index is 1.59. The van der Waals surface area contributed by atoms with Gasteiger partial charge in [0.2, 0.25) is 0 Å². The van der Waals surface area contributed by atoms with Gasteiger partial charge in [0.05, 0.1) is 12.0 Å². The third kappa shape index (κ3) is 4.46. The molecule has 3 heterocycles. The van der Waals surface area contributed by atoms with E-state index in [2.05, 4.69) is 19.9 Å². The molecule has 26 heavy (non-hydrogen) atoms. The van der Waals surface area contributed by atoms with Crippen LogP contribution in [0.2, 0.25) is 0 Å². The maximum absolute atomic E-state index is 12.3. The summed E-state index contributed by atoms with van der Waals surface area (Å²) >= 11 is 0. The molecule has 0 radical (unpaired) electrons. The first-order chi connectivity index (χ1) is 12.6. The molecular formula is C19H27N5O2. The maximum atomic E-state index is 12.3. The summed E-state index contributed by atoms with van der Waals surface area (Å²) < 4.78 is 6.85. The van der Waals surface area contributed by atoms with Crippen molar-refractivity contribution in [2.45, 2.75) is 45.8 Å². The molecule has 2 aromatic rings. The van der Waals surface area contributed by atoms with Crippen molar-refractivity contribution in [1.82, 2.24) is 19.5 Å². The lowest BCUT2D eigenvalue weighted by atomic mass is 9.96. The Kier molecular flexibility index (Phi) is 5.98. The van der Waals surface area contributed by atoms with Crippen molar-refractivity contribution in [3.63, 3.8) is 0 Å². The molecule has 1 aliphatic rings. The van der Waals surface area contributed by atoms with Crippen molar-refractivity contribution >= 4 is 5.82 Å². The van der Waals surface area contributed by atoms with E-state index in [0.29, 0.717) is 18.3 Å². The van der Waals surface area contributed by atoms with Gasteiger partial charge in [-0.15, -0.1) is 0 Å².